The van der Waals surface area contributed by atoms with Crippen molar-refractivity contribution in [2.45, 2.75) is 6.54 Å². The Balaban J connectivity index is 2.85. The number of nitrogens with one attached hydrogen (secondary N) is 1. The van der Waals surface area contributed by atoms with Crippen LogP contribution in [0.4, 0.5) is 5.95 Å². The molecule has 12 heavy (non-hydrogen) atoms. The molecule has 1 N–H and O–H groups in total. The van der Waals surface area contributed by atoms with E-state index < -0.39 is 0 Å². The molecule has 1 heterocycles. The van der Waals surface area contributed by atoms with Crippen molar-refractivity contribution >= 4 is 5.95 Å². The maximum Gasteiger partial charge on any atom is 0.244 e. The topological polar surface area (TPSA) is 46.0 Å². The second kappa shape index (κ2) is 3.53. The quantitative estimate of drug-likeness (QED) is 0.669. The summed E-state index contributed by atoms with van der Waals surface area (Å²) in [6.45, 7) is 0.747. The fraction of sp³-hybridized carbons (Fsp3) is 0.714. The van der Waals surface area contributed by atoms with Crippen molar-refractivity contribution in [3.8, 4) is 0 Å². The van der Waals surface area contributed by atoms with Crippen LogP contribution in [0.15, 0.2) is 0 Å². The Bertz CT molecular complexity index is 252. The van der Waals surface area contributed by atoms with Gasteiger partial charge in [-0.1, -0.05) is 0 Å². The first-order valence-corrected chi connectivity index (χ1v) is 3.87. The minimum atomic E-state index is 0.747. The van der Waals surface area contributed by atoms with Crippen molar-refractivity contribution in [2.75, 3.05) is 26.0 Å². The second-order valence-electron chi connectivity index (χ2n) is 2.88. The molecule has 0 fully saturated rings. The van der Waals surface area contributed by atoms with Crippen LogP contribution < -0.4 is 10.2 Å². The van der Waals surface area contributed by atoms with Gasteiger partial charge in [-0.15, -0.1) is 5.10 Å². The van der Waals surface area contributed by atoms with Gasteiger partial charge in [0.25, 0.3) is 0 Å². The average molecular weight is 169 g/mol. The summed E-state index contributed by atoms with van der Waals surface area (Å²) < 4.78 is 1.78. The van der Waals surface area contributed by atoms with Crippen LogP contribution in [0.5, 0.6) is 0 Å². The summed E-state index contributed by atoms with van der Waals surface area (Å²) in [6.07, 6.45) is 0. The van der Waals surface area contributed by atoms with Crippen molar-refractivity contribution in [1.29, 1.82) is 0 Å². The van der Waals surface area contributed by atoms with E-state index in [-0.39, 0.29) is 0 Å². The molecule has 0 atom stereocenters. The third-order valence-corrected chi connectivity index (χ3v) is 1.58. The second-order valence-corrected chi connectivity index (χ2v) is 2.88. The Kier molecular flexibility index (Phi) is 2.65. The van der Waals surface area contributed by atoms with E-state index in [1.54, 1.807) is 4.68 Å². The first-order chi connectivity index (χ1) is 5.65. The molecule has 0 aliphatic rings. The predicted molar refractivity (Wildman–Crippen MR) is 48.1 cm³/mol. The van der Waals surface area contributed by atoms with E-state index in [4.69, 9.17) is 0 Å². The third-order valence-electron chi connectivity index (χ3n) is 1.58. The standard InChI is InChI=1S/C7H15N5/c1-8-5-6-9-7(11(2)3)10-12(6)4/h8H,5H2,1-4H3. The molecular weight excluding hydrogens is 154 g/mol. The van der Waals surface area contributed by atoms with Crippen molar-refractivity contribution in [1.82, 2.24) is 20.1 Å². The third kappa shape index (κ3) is 1.73. The lowest BCUT2D eigenvalue weighted by molar-refractivity contribution is 0.659. The Morgan fingerprint density at radius 2 is 2.17 bits per heavy atom. The molecule has 0 bridgehead atoms. The van der Waals surface area contributed by atoms with Gasteiger partial charge in [-0.3, -0.25) is 0 Å². The van der Waals surface area contributed by atoms with Crippen LogP contribution in [-0.4, -0.2) is 35.9 Å². The van der Waals surface area contributed by atoms with Gasteiger partial charge in [-0.25, -0.2) is 4.68 Å². The van der Waals surface area contributed by atoms with E-state index in [0.717, 1.165) is 18.3 Å². The average Bonchev–Trinajstić information content (AvgIpc) is 2.34. The smallest absolute Gasteiger partial charge is 0.244 e. The van der Waals surface area contributed by atoms with Gasteiger partial charge in [-0.05, 0) is 7.05 Å². The Labute approximate surface area is 72.4 Å². The number of hydrogen-bond donors (Lipinski definition) is 1. The molecular formula is C7H15N5. The molecule has 0 unspecified atom stereocenters. The molecule has 0 amide bonds. The lowest BCUT2D eigenvalue weighted by atomic mass is 10.6. The van der Waals surface area contributed by atoms with Gasteiger partial charge in [0.2, 0.25) is 5.95 Å². The number of anilines is 1. The highest BCUT2D eigenvalue weighted by Crippen LogP contribution is 2.03. The van der Waals surface area contributed by atoms with Gasteiger partial charge in [-0.2, -0.15) is 4.98 Å². The van der Waals surface area contributed by atoms with Gasteiger partial charge >= 0.3 is 0 Å². The van der Waals surface area contributed by atoms with Crippen LogP contribution in [0.2, 0.25) is 0 Å². The Morgan fingerprint density at radius 3 is 2.58 bits per heavy atom. The fourth-order valence-electron chi connectivity index (χ4n) is 0.904. The highest BCUT2D eigenvalue weighted by Gasteiger charge is 2.06. The van der Waals surface area contributed by atoms with Crippen molar-refractivity contribution < 1.29 is 0 Å². The largest absolute Gasteiger partial charge is 0.346 e. The highest BCUT2D eigenvalue weighted by atomic mass is 15.4. The van der Waals surface area contributed by atoms with E-state index in [0.29, 0.717) is 0 Å². The van der Waals surface area contributed by atoms with E-state index in [1.807, 2.05) is 33.1 Å². The van der Waals surface area contributed by atoms with Crippen LogP contribution in [0.3, 0.4) is 0 Å². The van der Waals surface area contributed by atoms with Crippen LogP contribution >= 0.6 is 0 Å². The molecule has 5 nitrogen and oxygen atoms in total. The predicted octanol–water partition coefficient (Wildman–Crippen LogP) is -0.399. The molecule has 0 aromatic carbocycles. The normalized spacial score (nSPS) is 10.3. The van der Waals surface area contributed by atoms with Crippen LogP contribution in [-0.2, 0) is 13.6 Å². The molecule has 1 rings (SSSR count). The van der Waals surface area contributed by atoms with E-state index in [2.05, 4.69) is 15.4 Å². The number of hydrogen-bond acceptors (Lipinski definition) is 4. The molecule has 5 heteroatoms. The van der Waals surface area contributed by atoms with Crippen molar-refractivity contribution in [3.63, 3.8) is 0 Å². The molecule has 0 spiro atoms. The summed E-state index contributed by atoms with van der Waals surface area (Å²) in [6, 6.07) is 0. The van der Waals surface area contributed by atoms with Gasteiger partial charge in [0.05, 0.1) is 6.54 Å². The van der Waals surface area contributed by atoms with Crippen molar-refractivity contribution in [2.24, 2.45) is 7.05 Å². The monoisotopic (exact) mass is 169 g/mol. The number of nitrogens with zero attached hydrogens (tertiary/aromatic N) is 4. The first-order valence-electron chi connectivity index (χ1n) is 3.87. The Hall–Kier alpha value is -1.10. The molecule has 0 radical (unpaired) electrons. The number of aromatic nitrogens is 3. The van der Waals surface area contributed by atoms with E-state index >= 15 is 0 Å². The lowest BCUT2D eigenvalue weighted by Gasteiger charge is -2.03. The zero-order chi connectivity index (χ0) is 9.14. The zero-order valence-corrected chi connectivity index (χ0v) is 8.00. The molecule has 1 aromatic heterocycles. The molecule has 1 aromatic rings. The van der Waals surface area contributed by atoms with Crippen LogP contribution in [0, 0.1) is 0 Å². The van der Waals surface area contributed by atoms with E-state index in [9.17, 15) is 0 Å². The van der Waals surface area contributed by atoms with Gasteiger partial charge < -0.3 is 10.2 Å². The van der Waals surface area contributed by atoms with Crippen molar-refractivity contribution in [3.05, 3.63) is 5.82 Å². The highest BCUT2D eigenvalue weighted by molar-refractivity contribution is 5.25. The molecule has 0 saturated carbocycles. The number of aryl methyl sites for hydroxylation is 1. The molecule has 0 aliphatic heterocycles. The minimum absolute atomic E-state index is 0.747. The SMILES string of the molecule is CNCc1nc(N(C)C)nn1C. The maximum atomic E-state index is 4.31. The van der Waals surface area contributed by atoms with Gasteiger partial charge in [0.1, 0.15) is 5.82 Å². The summed E-state index contributed by atoms with van der Waals surface area (Å²) in [5.74, 6) is 1.70. The first kappa shape index (κ1) is 8.99. The number of rotatable bonds is 3. The van der Waals surface area contributed by atoms with Gasteiger partial charge in [0, 0.05) is 21.1 Å². The molecule has 68 valence electrons. The summed E-state index contributed by atoms with van der Waals surface area (Å²) in [4.78, 5) is 6.20. The summed E-state index contributed by atoms with van der Waals surface area (Å²) in [5, 5.41) is 7.26. The summed E-state index contributed by atoms with van der Waals surface area (Å²) in [5.41, 5.74) is 0. The fourth-order valence-corrected chi connectivity index (χ4v) is 0.904. The van der Waals surface area contributed by atoms with E-state index in [1.165, 1.54) is 0 Å². The summed E-state index contributed by atoms with van der Waals surface area (Å²) in [7, 11) is 7.65. The lowest BCUT2D eigenvalue weighted by Crippen LogP contribution is -2.11. The molecule has 0 saturated heterocycles. The Morgan fingerprint density at radius 1 is 1.50 bits per heavy atom. The minimum Gasteiger partial charge on any atom is -0.346 e. The van der Waals surface area contributed by atoms with Gasteiger partial charge in [0.15, 0.2) is 0 Å². The van der Waals surface area contributed by atoms with Crippen LogP contribution in [0.1, 0.15) is 5.82 Å². The zero-order valence-electron chi connectivity index (χ0n) is 8.00. The maximum absolute atomic E-state index is 4.31. The summed E-state index contributed by atoms with van der Waals surface area (Å²) >= 11 is 0. The molecule has 0 aliphatic carbocycles. The van der Waals surface area contributed by atoms with Crippen LogP contribution in [0.25, 0.3) is 0 Å².